The van der Waals surface area contributed by atoms with Crippen LogP contribution in [-0.4, -0.2) is 9.97 Å². The molecule has 1 aromatic heterocycles. The lowest BCUT2D eigenvalue weighted by Crippen LogP contribution is -2.12. The van der Waals surface area contributed by atoms with E-state index in [1.807, 2.05) is 0 Å². The molecule has 1 aromatic rings. The zero-order chi connectivity index (χ0) is 7.84. The molecule has 1 aliphatic rings. The maximum Gasteiger partial charge on any atom is 0.264 e. The molecular weight excluding hydrogens is 255 g/mol. The third-order valence-electron chi connectivity index (χ3n) is 1.79. The minimum absolute atomic E-state index is 0.0116. The van der Waals surface area contributed by atoms with E-state index in [0.29, 0.717) is 5.92 Å². The van der Waals surface area contributed by atoms with Crippen LogP contribution in [0.15, 0.2) is 11.1 Å². The van der Waals surface area contributed by atoms with E-state index in [2.05, 4.69) is 32.6 Å². The van der Waals surface area contributed by atoms with Gasteiger partial charge in [-0.05, 0) is 35.4 Å². The Kier molecular flexibility index (Phi) is 1.71. The van der Waals surface area contributed by atoms with Crippen LogP contribution in [0.1, 0.15) is 24.5 Å². The monoisotopic (exact) mass is 262 g/mol. The van der Waals surface area contributed by atoms with Gasteiger partial charge in [0, 0.05) is 5.92 Å². The molecule has 1 N–H and O–H groups in total. The van der Waals surface area contributed by atoms with Gasteiger partial charge in [-0.3, -0.25) is 4.79 Å². The Morgan fingerprint density at radius 1 is 1.64 bits per heavy atom. The molecule has 2 rings (SSSR count). The van der Waals surface area contributed by atoms with Crippen molar-refractivity contribution in [1.82, 2.24) is 9.97 Å². The summed E-state index contributed by atoms with van der Waals surface area (Å²) in [6.45, 7) is 0. The van der Waals surface area contributed by atoms with Gasteiger partial charge in [-0.1, -0.05) is 0 Å². The lowest BCUT2D eigenvalue weighted by atomic mass is 10.3. The first kappa shape index (κ1) is 7.27. The molecule has 0 saturated heterocycles. The molecule has 1 saturated carbocycles. The Bertz CT molecular complexity index is 329. The summed E-state index contributed by atoms with van der Waals surface area (Å²) in [5.74, 6) is 0.559. The highest BCUT2D eigenvalue weighted by Crippen LogP contribution is 2.39. The summed E-state index contributed by atoms with van der Waals surface area (Å²) in [4.78, 5) is 17.8. The lowest BCUT2D eigenvalue weighted by molar-refractivity contribution is 0.950. The highest BCUT2D eigenvalue weighted by atomic mass is 127. The van der Waals surface area contributed by atoms with Gasteiger partial charge < -0.3 is 4.98 Å². The second-order valence-electron chi connectivity index (χ2n) is 2.71. The predicted octanol–water partition coefficient (Wildman–Crippen LogP) is 1.25. The number of rotatable bonds is 1. The molecule has 1 aliphatic carbocycles. The first-order valence-electron chi connectivity index (χ1n) is 3.52. The fourth-order valence-corrected chi connectivity index (χ4v) is 1.77. The van der Waals surface area contributed by atoms with Gasteiger partial charge in [-0.25, -0.2) is 4.98 Å². The van der Waals surface area contributed by atoms with Gasteiger partial charge >= 0.3 is 0 Å². The molecule has 0 spiro atoms. The first-order chi connectivity index (χ1) is 5.29. The molecule has 0 atom stereocenters. The normalized spacial score (nSPS) is 16.8. The van der Waals surface area contributed by atoms with E-state index in [1.165, 1.54) is 19.2 Å². The SMILES string of the molecule is O=c1[nH]cnc(C2CC2)c1I. The van der Waals surface area contributed by atoms with Gasteiger partial charge in [-0.15, -0.1) is 0 Å². The minimum atomic E-state index is -0.0116. The van der Waals surface area contributed by atoms with Crippen molar-refractivity contribution in [3.63, 3.8) is 0 Å². The third-order valence-corrected chi connectivity index (χ3v) is 2.83. The second kappa shape index (κ2) is 2.58. The van der Waals surface area contributed by atoms with Crippen LogP contribution in [0, 0.1) is 3.57 Å². The molecule has 11 heavy (non-hydrogen) atoms. The summed E-state index contributed by atoms with van der Waals surface area (Å²) in [5.41, 5.74) is 0.969. The standard InChI is InChI=1S/C7H7IN2O/c8-5-6(4-1-2-4)9-3-10-7(5)11/h3-4H,1-2H2,(H,9,10,11). The number of H-pyrrole nitrogens is 1. The maximum atomic E-state index is 11.1. The van der Waals surface area contributed by atoms with Gasteiger partial charge in [-0.2, -0.15) is 0 Å². The van der Waals surface area contributed by atoms with Crippen molar-refractivity contribution >= 4 is 22.6 Å². The van der Waals surface area contributed by atoms with Crippen molar-refractivity contribution in [2.45, 2.75) is 18.8 Å². The van der Waals surface area contributed by atoms with Gasteiger partial charge in [0.15, 0.2) is 0 Å². The molecule has 0 radical (unpaired) electrons. The molecule has 1 fully saturated rings. The zero-order valence-corrected chi connectivity index (χ0v) is 7.96. The average Bonchev–Trinajstić information content (AvgIpc) is 2.77. The van der Waals surface area contributed by atoms with Crippen LogP contribution in [0.5, 0.6) is 0 Å². The van der Waals surface area contributed by atoms with Crippen LogP contribution in [-0.2, 0) is 0 Å². The van der Waals surface area contributed by atoms with Crippen molar-refractivity contribution in [3.05, 3.63) is 25.9 Å². The fraction of sp³-hybridized carbons (Fsp3) is 0.429. The highest BCUT2D eigenvalue weighted by Gasteiger charge is 2.27. The Morgan fingerprint density at radius 2 is 2.36 bits per heavy atom. The van der Waals surface area contributed by atoms with Crippen molar-refractivity contribution in [2.75, 3.05) is 0 Å². The molecule has 0 unspecified atom stereocenters. The van der Waals surface area contributed by atoms with Gasteiger partial charge in [0.2, 0.25) is 0 Å². The summed E-state index contributed by atoms with van der Waals surface area (Å²) in [6.07, 6.45) is 3.86. The van der Waals surface area contributed by atoms with Crippen LogP contribution < -0.4 is 5.56 Å². The summed E-state index contributed by atoms with van der Waals surface area (Å²) >= 11 is 2.05. The molecule has 4 heteroatoms. The molecule has 58 valence electrons. The molecule has 1 heterocycles. The average molecular weight is 262 g/mol. The van der Waals surface area contributed by atoms with Crippen LogP contribution in [0.2, 0.25) is 0 Å². The molecule has 0 bridgehead atoms. The van der Waals surface area contributed by atoms with Crippen molar-refractivity contribution in [3.8, 4) is 0 Å². The minimum Gasteiger partial charge on any atom is -0.312 e. The molecule has 3 nitrogen and oxygen atoms in total. The van der Waals surface area contributed by atoms with Crippen LogP contribution >= 0.6 is 22.6 Å². The molecule has 0 aromatic carbocycles. The van der Waals surface area contributed by atoms with Gasteiger partial charge in [0.25, 0.3) is 5.56 Å². The fourth-order valence-electron chi connectivity index (χ4n) is 1.04. The molecular formula is C7H7IN2O. The second-order valence-corrected chi connectivity index (χ2v) is 3.78. The number of aromatic amines is 1. The van der Waals surface area contributed by atoms with E-state index >= 15 is 0 Å². The van der Waals surface area contributed by atoms with E-state index in [-0.39, 0.29) is 5.56 Å². The predicted molar refractivity (Wildman–Crippen MR) is 49.5 cm³/mol. The summed E-state index contributed by atoms with van der Waals surface area (Å²) in [5, 5.41) is 0. The van der Waals surface area contributed by atoms with E-state index in [9.17, 15) is 4.79 Å². The number of nitrogens with zero attached hydrogens (tertiary/aromatic N) is 1. The Morgan fingerprint density at radius 3 is 3.00 bits per heavy atom. The van der Waals surface area contributed by atoms with Crippen molar-refractivity contribution in [1.29, 1.82) is 0 Å². The number of nitrogens with one attached hydrogen (secondary N) is 1. The van der Waals surface area contributed by atoms with E-state index < -0.39 is 0 Å². The first-order valence-corrected chi connectivity index (χ1v) is 4.60. The van der Waals surface area contributed by atoms with Crippen LogP contribution in [0.4, 0.5) is 0 Å². The smallest absolute Gasteiger partial charge is 0.264 e. The molecule has 0 aliphatic heterocycles. The van der Waals surface area contributed by atoms with Crippen molar-refractivity contribution < 1.29 is 0 Å². The summed E-state index contributed by atoms with van der Waals surface area (Å²) < 4.78 is 0.757. The van der Waals surface area contributed by atoms with Crippen molar-refractivity contribution in [2.24, 2.45) is 0 Å². The quantitative estimate of drug-likeness (QED) is 0.774. The Hall–Kier alpha value is -0.390. The summed E-state index contributed by atoms with van der Waals surface area (Å²) in [7, 11) is 0. The van der Waals surface area contributed by atoms with Crippen LogP contribution in [0.25, 0.3) is 0 Å². The van der Waals surface area contributed by atoms with Gasteiger partial charge in [0.1, 0.15) is 0 Å². The van der Waals surface area contributed by atoms with E-state index in [0.717, 1.165) is 9.26 Å². The number of halogens is 1. The van der Waals surface area contributed by atoms with E-state index in [4.69, 9.17) is 0 Å². The largest absolute Gasteiger partial charge is 0.312 e. The zero-order valence-electron chi connectivity index (χ0n) is 5.80. The van der Waals surface area contributed by atoms with E-state index in [1.54, 1.807) is 0 Å². The highest BCUT2D eigenvalue weighted by molar-refractivity contribution is 14.1. The Balaban J connectivity index is 2.54. The molecule has 0 amide bonds. The van der Waals surface area contributed by atoms with Crippen LogP contribution in [0.3, 0.4) is 0 Å². The topological polar surface area (TPSA) is 45.8 Å². The third kappa shape index (κ3) is 1.31. The number of hydrogen-bond acceptors (Lipinski definition) is 2. The number of aromatic nitrogens is 2. The lowest BCUT2D eigenvalue weighted by Gasteiger charge is -1.96. The number of hydrogen-bond donors (Lipinski definition) is 1. The maximum absolute atomic E-state index is 11.1. The van der Waals surface area contributed by atoms with Gasteiger partial charge in [0.05, 0.1) is 15.6 Å². The Labute approximate surface area is 77.4 Å². The summed E-state index contributed by atoms with van der Waals surface area (Å²) in [6, 6.07) is 0.